The van der Waals surface area contributed by atoms with E-state index < -0.39 is 0 Å². The molecule has 9 heteroatoms. The summed E-state index contributed by atoms with van der Waals surface area (Å²) in [6.45, 7) is 1.97. The normalized spacial score (nSPS) is 15.3. The predicted octanol–water partition coefficient (Wildman–Crippen LogP) is 3.38. The number of methoxy groups -OCH3 is 1. The van der Waals surface area contributed by atoms with Crippen LogP contribution in [0.2, 0.25) is 5.02 Å². The van der Waals surface area contributed by atoms with Crippen molar-refractivity contribution >= 4 is 40.3 Å². The number of hydrogen-bond acceptors (Lipinski definition) is 6. The van der Waals surface area contributed by atoms with E-state index in [0.29, 0.717) is 37.1 Å². The van der Waals surface area contributed by atoms with Gasteiger partial charge in [0.05, 0.1) is 29.9 Å². The SMILES string of the molecule is COCCn1c(SCC(=O)NC[C@@H]2COc3ccccc3O2)nc2cc(Cl)ccc21. The van der Waals surface area contributed by atoms with E-state index in [1.54, 1.807) is 7.11 Å². The fourth-order valence-electron chi connectivity index (χ4n) is 3.16. The van der Waals surface area contributed by atoms with Gasteiger partial charge in [0.15, 0.2) is 16.7 Å². The van der Waals surface area contributed by atoms with E-state index in [4.69, 9.17) is 25.8 Å². The fourth-order valence-corrected chi connectivity index (χ4v) is 4.20. The number of carbonyl (C=O) groups excluding carboxylic acids is 1. The number of thioether (sulfide) groups is 1. The molecule has 0 radical (unpaired) electrons. The van der Waals surface area contributed by atoms with Gasteiger partial charge < -0.3 is 24.1 Å². The number of nitrogens with zero attached hydrogens (tertiary/aromatic N) is 2. The summed E-state index contributed by atoms with van der Waals surface area (Å²) in [5, 5.41) is 4.30. The summed E-state index contributed by atoms with van der Waals surface area (Å²) in [7, 11) is 1.66. The smallest absolute Gasteiger partial charge is 0.230 e. The first-order chi connectivity index (χ1) is 14.6. The van der Waals surface area contributed by atoms with Crippen molar-refractivity contribution in [2.24, 2.45) is 0 Å². The van der Waals surface area contributed by atoms with Gasteiger partial charge in [-0.2, -0.15) is 0 Å². The van der Waals surface area contributed by atoms with Crippen LogP contribution in [0.15, 0.2) is 47.6 Å². The summed E-state index contributed by atoms with van der Waals surface area (Å²) in [4.78, 5) is 17.0. The highest BCUT2D eigenvalue weighted by Crippen LogP contribution is 2.30. The Morgan fingerprint density at radius 1 is 1.33 bits per heavy atom. The zero-order chi connectivity index (χ0) is 20.9. The maximum absolute atomic E-state index is 12.4. The molecule has 1 aliphatic heterocycles. The van der Waals surface area contributed by atoms with E-state index in [9.17, 15) is 4.79 Å². The summed E-state index contributed by atoms with van der Waals surface area (Å²) in [6.07, 6.45) is -0.220. The third kappa shape index (κ3) is 4.83. The van der Waals surface area contributed by atoms with Crippen LogP contribution < -0.4 is 14.8 Å². The zero-order valence-electron chi connectivity index (χ0n) is 16.5. The van der Waals surface area contributed by atoms with Gasteiger partial charge in [-0.25, -0.2) is 4.98 Å². The van der Waals surface area contributed by atoms with Crippen LogP contribution in [0.5, 0.6) is 11.5 Å². The standard InChI is InChI=1S/C21H22ClN3O4S/c1-27-9-8-25-17-7-6-14(22)10-16(17)24-21(25)30-13-20(26)23-11-15-12-28-18-4-2-3-5-19(18)29-15/h2-7,10,15H,8-9,11-13H2,1H3,(H,23,26)/t15-/m1/s1. The van der Waals surface area contributed by atoms with Gasteiger partial charge >= 0.3 is 0 Å². The largest absolute Gasteiger partial charge is 0.486 e. The van der Waals surface area contributed by atoms with Gasteiger partial charge in [0.25, 0.3) is 0 Å². The van der Waals surface area contributed by atoms with E-state index in [0.717, 1.165) is 21.9 Å². The van der Waals surface area contributed by atoms with Crippen molar-refractivity contribution in [2.75, 3.05) is 32.6 Å². The zero-order valence-corrected chi connectivity index (χ0v) is 18.0. The van der Waals surface area contributed by atoms with Crippen LogP contribution >= 0.6 is 23.4 Å². The van der Waals surface area contributed by atoms with E-state index in [1.165, 1.54) is 11.8 Å². The number of imidazole rings is 1. The minimum atomic E-state index is -0.220. The molecule has 0 aliphatic carbocycles. The van der Waals surface area contributed by atoms with Crippen molar-refractivity contribution in [3.05, 3.63) is 47.5 Å². The first-order valence-corrected chi connectivity index (χ1v) is 10.9. The summed E-state index contributed by atoms with van der Waals surface area (Å²) in [5.41, 5.74) is 1.76. The van der Waals surface area contributed by atoms with E-state index in [-0.39, 0.29) is 17.8 Å². The molecule has 0 fully saturated rings. The fraction of sp³-hybridized carbons (Fsp3) is 0.333. The number of halogens is 1. The monoisotopic (exact) mass is 447 g/mol. The molecular formula is C21H22ClN3O4S. The summed E-state index contributed by atoms with van der Waals surface area (Å²) in [6, 6.07) is 13.1. The van der Waals surface area contributed by atoms with E-state index in [1.807, 2.05) is 47.0 Å². The van der Waals surface area contributed by atoms with Crippen LogP contribution in [-0.2, 0) is 16.1 Å². The minimum absolute atomic E-state index is 0.0918. The average Bonchev–Trinajstić information content (AvgIpc) is 3.10. The quantitative estimate of drug-likeness (QED) is 0.533. The molecule has 158 valence electrons. The number of carbonyl (C=O) groups is 1. The Kier molecular flexibility index (Phi) is 6.66. The third-order valence-electron chi connectivity index (χ3n) is 4.62. The lowest BCUT2D eigenvalue weighted by atomic mass is 10.2. The third-order valence-corrected chi connectivity index (χ3v) is 5.83. The molecule has 0 saturated carbocycles. The first-order valence-electron chi connectivity index (χ1n) is 9.57. The Labute approximate surface area is 183 Å². The van der Waals surface area contributed by atoms with Gasteiger partial charge in [-0.1, -0.05) is 35.5 Å². The molecule has 0 spiro atoms. The second-order valence-corrected chi connectivity index (χ2v) is 8.14. The number of fused-ring (bicyclic) bond motifs is 2. The summed E-state index contributed by atoms with van der Waals surface area (Å²) >= 11 is 7.47. The molecule has 1 aromatic heterocycles. The van der Waals surface area contributed by atoms with E-state index in [2.05, 4.69) is 10.3 Å². The molecule has 2 heterocycles. The van der Waals surface area contributed by atoms with Crippen LogP contribution in [0, 0.1) is 0 Å². The lowest BCUT2D eigenvalue weighted by Crippen LogP contribution is -2.41. The molecule has 1 atom stereocenters. The number of rotatable bonds is 8. The summed E-state index contributed by atoms with van der Waals surface area (Å²) in [5.74, 6) is 1.58. The first kappa shape index (κ1) is 20.8. The van der Waals surface area contributed by atoms with Crippen molar-refractivity contribution in [3.63, 3.8) is 0 Å². The van der Waals surface area contributed by atoms with E-state index >= 15 is 0 Å². The van der Waals surface area contributed by atoms with Gasteiger partial charge in [0, 0.05) is 18.7 Å². The molecular weight excluding hydrogens is 426 g/mol. The van der Waals surface area contributed by atoms with Gasteiger partial charge in [-0.3, -0.25) is 4.79 Å². The maximum atomic E-state index is 12.4. The average molecular weight is 448 g/mol. The molecule has 0 unspecified atom stereocenters. The molecule has 4 rings (SSSR count). The topological polar surface area (TPSA) is 74.6 Å². The number of aromatic nitrogens is 2. The molecule has 1 aliphatic rings. The highest BCUT2D eigenvalue weighted by molar-refractivity contribution is 7.99. The lowest BCUT2D eigenvalue weighted by molar-refractivity contribution is -0.119. The Morgan fingerprint density at radius 2 is 2.17 bits per heavy atom. The Morgan fingerprint density at radius 3 is 3.00 bits per heavy atom. The maximum Gasteiger partial charge on any atom is 0.230 e. The number of hydrogen-bond donors (Lipinski definition) is 1. The van der Waals surface area contributed by atoms with Gasteiger partial charge in [0.2, 0.25) is 5.91 Å². The van der Waals surface area contributed by atoms with Gasteiger partial charge in [-0.05, 0) is 30.3 Å². The number of amides is 1. The molecule has 1 amide bonds. The summed E-state index contributed by atoms with van der Waals surface area (Å²) < 4.78 is 18.8. The number of para-hydroxylation sites is 2. The molecule has 7 nitrogen and oxygen atoms in total. The van der Waals surface area contributed by atoms with Crippen LogP contribution in [0.3, 0.4) is 0 Å². The van der Waals surface area contributed by atoms with Crippen molar-refractivity contribution in [1.29, 1.82) is 0 Å². The van der Waals surface area contributed by atoms with Crippen molar-refractivity contribution in [3.8, 4) is 11.5 Å². The second-order valence-electron chi connectivity index (χ2n) is 6.76. The number of benzene rings is 2. The molecule has 30 heavy (non-hydrogen) atoms. The van der Waals surface area contributed by atoms with Gasteiger partial charge in [0.1, 0.15) is 12.7 Å². The van der Waals surface area contributed by atoms with Crippen molar-refractivity contribution < 1.29 is 19.0 Å². The minimum Gasteiger partial charge on any atom is -0.486 e. The van der Waals surface area contributed by atoms with Crippen LogP contribution in [0.1, 0.15) is 0 Å². The molecule has 0 saturated heterocycles. The molecule has 3 aromatic rings. The molecule has 1 N–H and O–H groups in total. The van der Waals surface area contributed by atoms with Crippen molar-refractivity contribution in [1.82, 2.24) is 14.9 Å². The molecule has 2 aromatic carbocycles. The number of nitrogens with one attached hydrogen (secondary N) is 1. The Bertz CT molecular complexity index is 1040. The van der Waals surface area contributed by atoms with Crippen LogP contribution in [0.25, 0.3) is 11.0 Å². The number of ether oxygens (including phenoxy) is 3. The van der Waals surface area contributed by atoms with Crippen LogP contribution in [-0.4, -0.2) is 54.2 Å². The lowest BCUT2D eigenvalue weighted by Gasteiger charge is -2.26. The van der Waals surface area contributed by atoms with Gasteiger partial charge in [-0.15, -0.1) is 0 Å². The highest BCUT2D eigenvalue weighted by Gasteiger charge is 2.21. The highest BCUT2D eigenvalue weighted by atomic mass is 35.5. The predicted molar refractivity (Wildman–Crippen MR) is 117 cm³/mol. The van der Waals surface area contributed by atoms with Crippen LogP contribution in [0.4, 0.5) is 0 Å². The van der Waals surface area contributed by atoms with Crippen molar-refractivity contribution in [2.45, 2.75) is 17.8 Å². The molecule has 0 bridgehead atoms. The Hall–Kier alpha value is -2.42. The second kappa shape index (κ2) is 9.59. The Balaban J connectivity index is 1.34.